The minimum absolute atomic E-state index is 0.354. The topological polar surface area (TPSA) is 73.3 Å². The van der Waals surface area contributed by atoms with E-state index in [1.807, 2.05) is 20.8 Å². The number of hydrogen-bond acceptors (Lipinski definition) is 3. The summed E-state index contributed by atoms with van der Waals surface area (Å²) in [4.78, 5) is 18.9. The van der Waals surface area contributed by atoms with Crippen LogP contribution in [0.1, 0.15) is 30.0 Å². The lowest BCUT2D eigenvalue weighted by Gasteiger charge is -2.01. The van der Waals surface area contributed by atoms with Crippen LogP contribution in [0, 0.1) is 6.92 Å². The molecule has 0 atom stereocenters. The van der Waals surface area contributed by atoms with Crippen LogP contribution in [0.25, 0.3) is 5.65 Å². The molecule has 0 radical (unpaired) electrons. The second-order valence-corrected chi connectivity index (χ2v) is 2.75. The van der Waals surface area contributed by atoms with Crippen LogP contribution in [-0.4, -0.2) is 20.3 Å². The molecule has 0 unspecified atom stereocenters. The summed E-state index contributed by atoms with van der Waals surface area (Å²) in [5, 5.41) is 0. The average Bonchev–Trinajstić information content (AvgIpc) is 2.63. The van der Waals surface area contributed by atoms with Crippen molar-refractivity contribution in [1.82, 2.24) is 14.4 Å². The van der Waals surface area contributed by atoms with Crippen molar-refractivity contribution in [3.8, 4) is 0 Å². The van der Waals surface area contributed by atoms with Crippen LogP contribution in [0.4, 0.5) is 0 Å². The highest BCUT2D eigenvalue weighted by atomic mass is 16.1. The third-order valence-electron chi connectivity index (χ3n) is 1.85. The number of carbonyl (C=O) groups excluding carboxylic acids is 1. The second kappa shape index (κ2) is 4.54. The van der Waals surface area contributed by atoms with Gasteiger partial charge in [0, 0.05) is 11.9 Å². The summed E-state index contributed by atoms with van der Waals surface area (Å²) < 4.78 is 1.68. The van der Waals surface area contributed by atoms with E-state index in [0.717, 1.165) is 5.69 Å². The van der Waals surface area contributed by atoms with Crippen molar-refractivity contribution in [2.75, 3.05) is 0 Å². The Morgan fingerprint density at radius 3 is 2.60 bits per heavy atom. The average molecular weight is 206 g/mol. The van der Waals surface area contributed by atoms with Crippen molar-refractivity contribution in [1.29, 1.82) is 0 Å². The SMILES string of the molecule is CC.Cc1cnc2cncc(C(N)=O)n12. The molecule has 0 saturated heterocycles. The molecule has 15 heavy (non-hydrogen) atoms. The van der Waals surface area contributed by atoms with E-state index in [1.165, 1.54) is 6.20 Å². The minimum atomic E-state index is -0.501. The maximum Gasteiger partial charge on any atom is 0.267 e. The van der Waals surface area contributed by atoms with E-state index in [1.54, 1.807) is 16.8 Å². The number of nitrogens with zero attached hydrogens (tertiary/aromatic N) is 3. The van der Waals surface area contributed by atoms with Gasteiger partial charge in [-0.15, -0.1) is 0 Å². The minimum Gasteiger partial charge on any atom is -0.364 e. The van der Waals surface area contributed by atoms with Crippen molar-refractivity contribution in [3.05, 3.63) is 30.0 Å². The Bertz CT molecular complexity index is 475. The lowest BCUT2D eigenvalue weighted by Crippen LogP contribution is -2.16. The number of aryl methyl sites for hydroxylation is 1. The van der Waals surface area contributed by atoms with E-state index in [-0.39, 0.29) is 0 Å². The van der Waals surface area contributed by atoms with Crippen LogP contribution in [0.3, 0.4) is 0 Å². The van der Waals surface area contributed by atoms with Gasteiger partial charge in [0.25, 0.3) is 5.91 Å². The number of aromatic nitrogens is 3. The first kappa shape index (κ1) is 11.2. The number of amides is 1. The van der Waals surface area contributed by atoms with Crippen molar-refractivity contribution in [3.63, 3.8) is 0 Å². The third-order valence-corrected chi connectivity index (χ3v) is 1.85. The Morgan fingerprint density at radius 1 is 1.33 bits per heavy atom. The summed E-state index contributed by atoms with van der Waals surface area (Å²) in [6, 6.07) is 0. The van der Waals surface area contributed by atoms with E-state index < -0.39 is 5.91 Å². The lowest BCUT2D eigenvalue weighted by molar-refractivity contribution is 0.0993. The van der Waals surface area contributed by atoms with Gasteiger partial charge in [-0.2, -0.15) is 0 Å². The molecule has 0 aliphatic rings. The summed E-state index contributed by atoms with van der Waals surface area (Å²) in [6.07, 6.45) is 4.69. The quantitative estimate of drug-likeness (QED) is 0.761. The molecule has 5 heteroatoms. The van der Waals surface area contributed by atoms with Gasteiger partial charge in [-0.3, -0.25) is 14.2 Å². The monoisotopic (exact) mass is 206 g/mol. The summed E-state index contributed by atoms with van der Waals surface area (Å²) in [5.41, 5.74) is 7.03. The van der Waals surface area contributed by atoms with Crippen molar-refractivity contribution in [2.24, 2.45) is 5.73 Å². The molecule has 1 amide bonds. The van der Waals surface area contributed by atoms with E-state index >= 15 is 0 Å². The molecular formula is C10H14N4O. The summed E-state index contributed by atoms with van der Waals surface area (Å²) in [7, 11) is 0. The van der Waals surface area contributed by atoms with Crippen LogP contribution in [-0.2, 0) is 0 Å². The molecule has 0 spiro atoms. The first-order valence-electron chi connectivity index (χ1n) is 4.78. The molecule has 80 valence electrons. The first-order valence-corrected chi connectivity index (χ1v) is 4.78. The molecule has 2 heterocycles. The van der Waals surface area contributed by atoms with Crippen LogP contribution in [0.5, 0.6) is 0 Å². The molecule has 0 aromatic carbocycles. The highest BCUT2D eigenvalue weighted by Crippen LogP contribution is 2.07. The highest BCUT2D eigenvalue weighted by Gasteiger charge is 2.08. The number of imidazole rings is 1. The maximum atomic E-state index is 11.0. The second-order valence-electron chi connectivity index (χ2n) is 2.75. The Kier molecular flexibility index (Phi) is 3.38. The van der Waals surface area contributed by atoms with Gasteiger partial charge in [0.15, 0.2) is 5.65 Å². The molecule has 2 aromatic rings. The molecule has 0 aliphatic carbocycles. The van der Waals surface area contributed by atoms with Gasteiger partial charge >= 0.3 is 0 Å². The molecule has 2 aromatic heterocycles. The standard InChI is InChI=1S/C8H8N4O.C2H6/c1-5-2-11-7-4-10-3-6(8(9)13)12(5)7;1-2/h2-4H,1H3,(H2,9,13);1-2H3. The van der Waals surface area contributed by atoms with Gasteiger partial charge in [0.2, 0.25) is 0 Å². The van der Waals surface area contributed by atoms with Gasteiger partial charge in [0.05, 0.1) is 12.4 Å². The number of nitrogens with two attached hydrogens (primary N) is 1. The Balaban J connectivity index is 0.000000531. The summed E-state index contributed by atoms with van der Waals surface area (Å²) in [5.74, 6) is -0.501. The molecular weight excluding hydrogens is 192 g/mol. The summed E-state index contributed by atoms with van der Waals surface area (Å²) in [6.45, 7) is 5.85. The molecule has 0 aliphatic heterocycles. The van der Waals surface area contributed by atoms with Gasteiger partial charge < -0.3 is 5.73 Å². The molecule has 0 fully saturated rings. The molecule has 0 saturated carbocycles. The first-order chi connectivity index (χ1) is 7.20. The zero-order valence-electron chi connectivity index (χ0n) is 9.06. The normalized spacial score (nSPS) is 9.53. The van der Waals surface area contributed by atoms with Crippen LogP contribution < -0.4 is 5.73 Å². The predicted molar refractivity (Wildman–Crippen MR) is 57.6 cm³/mol. The Hall–Kier alpha value is -1.91. The number of rotatable bonds is 1. The summed E-state index contributed by atoms with van der Waals surface area (Å²) >= 11 is 0. The number of carbonyl (C=O) groups is 1. The third kappa shape index (κ3) is 1.96. The fourth-order valence-electron chi connectivity index (χ4n) is 1.27. The molecule has 0 bridgehead atoms. The predicted octanol–water partition coefficient (Wildman–Crippen LogP) is 1.16. The fraction of sp³-hybridized carbons (Fsp3) is 0.300. The Labute approximate surface area is 88.0 Å². The number of primary amides is 1. The van der Waals surface area contributed by atoms with Crippen molar-refractivity contribution < 1.29 is 4.79 Å². The zero-order valence-corrected chi connectivity index (χ0v) is 9.06. The fourth-order valence-corrected chi connectivity index (χ4v) is 1.27. The van der Waals surface area contributed by atoms with E-state index in [2.05, 4.69) is 9.97 Å². The lowest BCUT2D eigenvalue weighted by atomic mass is 10.4. The smallest absolute Gasteiger partial charge is 0.267 e. The number of hydrogen-bond donors (Lipinski definition) is 1. The van der Waals surface area contributed by atoms with E-state index in [0.29, 0.717) is 11.3 Å². The number of fused-ring (bicyclic) bond motifs is 1. The Morgan fingerprint density at radius 2 is 2.00 bits per heavy atom. The zero-order chi connectivity index (χ0) is 11.4. The molecule has 2 rings (SSSR count). The van der Waals surface area contributed by atoms with Crippen LogP contribution in [0.2, 0.25) is 0 Å². The van der Waals surface area contributed by atoms with Crippen LogP contribution >= 0.6 is 0 Å². The van der Waals surface area contributed by atoms with E-state index in [9.17, 15) is 4.79 Å². The highest BCUT2D eigenvalue weighted by molar-refractivity contribution is 5.91. The van der Waals surface area contributed by atoms with Crippen molar-refractivity contribution in [2.45, 2.75) is 20.8 Å². The van der Waals surface area contributed by atoms with E-state index in [4.69, 9.17) is 5.73 Å². The largest absolute Gasteiger partial charge is 0.364 e. The van der Waals surface area contributed by atoms with Crippen molar-refractivity contribution >= 4 is 11.6 Å². The van der Waals surface area contributed by atoms with Gasteiger partial charge in [0.1, 0.15) is 5.69 Å². The maximum absolute atomic E-state index is 11.0. The van der Waals surface area contributed by atoms with Gasteiger partial charge in [-0.25, -0.2) is 4.98 Å². The molecule has 5 nitrogen and oxygen atoms in total. The molecule has 2 N–H and O–H groups in total. The van der Waals surface area contributed by atoms with Gasteiger partial charge in [-0.1, -0.05) is 13.8 Å². The van der Waals surface area contributed by atoms with Gasteiger partial charge in [-0.05, 0) is 6.92 Å². The van der Waals surface area contributed by atoms with Crippen LogP contribution in [0.15, 0.2) is 18.6 Å².